The zero-order valence-electron chi connectivity index (χ0n) is 14.2. The summed E-state index contributed by atoms with van der Waals surface area (Å²) in [6, 6.07) is 0. The number of allylic oxidation sites excluding steroid dienone is 2. The molecule has 114 valence electrons. The van der Waals surface area contributed by atoms with E-state index in [9.17, 15) is 0 Å². The summed E-state index contributed by atoms with van der Waals surface area (Å²) in [7, 11) is -1.47. The second-order valence-electron chi connectivity index (χ2n) is 8.30. The Balaban J connectivity index is 2.15. The molecule has 3 aliphatic rings. The molecular weight excluding hydrogens is 272 g/mol. The van der Waals surface area contributed by atoms with Crippen LogP contribution in [-0.4, -0.2) is 24.0 Å². The van der Waals surface area contributed by atoms with Crippen LogP contribution < -0.4 is 0 Å². The molecule has 0 aromatic heterocycles. The van der Waals surface area contributed by atoms with Gasteiger partial charge in [-0.05, 0) is 44.6 Å². The van der Waals surface area contributed by atoms with Gasteiger partial charge in [0.2, 0.25) is 0 Å². The Labute approximate surface area is 130 Å². The van der Waals surface area contributed by atoms with E-state index in [2.05, 4.69) is 63.9 Å². The molecule has 2 aliphatic heterocycles. The van der Waals surface area contributed by atoms with Crippen LogP contribution in [0.3, 0.4) is 0 Å². The highest BCUT2D eigenvalue weighted by Gasteiger charge is 2.67. The van der Waals surface area contributed by atoms with Crippen LogP contribution >= 0.6 is 0 Å². The number of hydrogen-bond acceptors (Lipinski definition) is 2. The van der Waals surface area contributed by atoms with Crippen molar-refractivity contribution in [3.8, 4) is 0 Å². The van der Waals surface area contributed by atoms with E-state index in [0.29, 0.717) is 5.92 Å². The molecule has 3 atom stereocenters. The molecule has 0 unspecified atom stereocenters. The normalized spacial score (nSPS) is 37.4. The lowest BCUT2D eigenvalue weighted by atomic mass is 9.53. The Morgan fingerprint density at radius 3 is 2.71 bits per heavy atom. The van der Waals surface area contributed by atoms with Crippen molar-refractivity contribution in [3.05, 3.63) is 36.6 Å². The molecule has 0 N–H and O–H groups in total. The van der Waals surface area contributed by atoms with E-state index in [1.54, 1.807) is 5.57 Å². The lowest BCUT2D eigenvalue weighted by Gasteiger charge is -2.59. The molecule has 2 heterocycles. The van der Waals surface area contributed by atoms with Gasteiger partial charge in [0.15, 0.2) is 0 Å². The molecule has 1 aliphatic carbocycles. The fourth-order valence-electron chi connectivity index (χ4n) is 4.72. The third-order valence-electron chi connectivity index (χ3n) is 5.92. The van der Waals surface area contributed by atoms with E-state index in [-0.39, 0.29) is 11.0 Å². The van der Waals surface area contributed by atoms with Gasteiger partial charge in [-0.3, -0.25) is 5.01 Å². The van der Waals surface area contributed by atoms with Gasteiger partial charge in [-0.25, -0.2) is 0 Å². The predicted octanol–water partition coefficient (Wildman–Crippen LogP) is 4.74. The first-order valence-corrected chi connectivity index (χ1v) is 11.5. The van der Waals surface area contributed by atoms with Gasteiger partial charge in [0.1, 0.15) is 0 Å². The Hall–Kier alpha value is -1.09. The molecule has 0 saturated heterocycles. The maximum Gasteiger partial charge on any atom is 0.0991 e. The van der Waals surface area contributed by atoms with Crippen LogP contribution in [0.5, 0.6) is 0 Å². The van der Waals surface area contributed by atoms with Crippen molar-refractivity contribution >= 4 is 13.4 Å². The minimum absolute atomic E-state index is 0.1000. The monoisotopic (exact) mass is 300 g/mol. The van der Waals surface area contributed by atoms with E-state index >= 15 is 0 Å². The highest BCUT2D eigenvalue weighted by Crippen LogP contribution is 2.64. The summed E-state index contributed by atoms with van der Waals surface area (Å²) in [6.07, 6.45) is 7.77. The zero-order chi connectivity index (χ0) is 15.6. The van der Waals surface area contributed by atoms with Crippen LogP contribution in [0.25, 0.3) is 0 Å². The highest BCUT2D eigenvalue weighted by molar-refractivity contribution is 7.05. The van der Waals surface area contributed by atoms with Crippen molar-refractivity contribution in [1.29, 1.82) is 0 Å². The number of hydrogen-bond donors (Lipinski definition) is 0. The Morgan fingerprint density at radius 1 is 1.52 bits per heavy atom. The molecule has 2 nitrogen and oxygen atoms in total. The van der Waals surface area contributed by atoms with Gasteiger partial charge < -0.3 is 0 Å². The fraction of sp³-hybridized carbons (Fsp3) is 0.611. The number of rotatable bonds is 4. The number of hydrazone groups is 1. The SMILES string of the molecule is C=CC[C@]12C[C@@H](C(=C)C)CC3=CN(N=C1[Si](C)(C)C)[C@@]32C. The second-order valence-corrected chi connectivity index (χ2v) is 13.3. The second kappa shape index (κ2) is 4.22. The summed E-state index contributed by atoms with van der Waals surface area (Å²) in [5.74, 6) is 0.589. The summed E-state index contributed by atoms with van der Waals surface area (Å²) < 4.78 is 0. The minimum Gasteiger partial charge on any atom is -0.262 e. The first-order valence-electron chi connectivity index (χ1n) is 8.03. The van der Waals surface area contributed by atoms with Crippen molar-refractivity contribution in [2.45, 2.75) is 58.3 Å². The topological polar surface area (TPSA) is 15.6 Å². The maximum absolute atomic E-state index is 5.08. The van der Waals surface area contributed by atoms with Crippen LogP contribution in [0.1, 0.15) is 33.1 Å². The summed E-state index contributed by atoms with van der Waals surface area (Å²) in [4.78, 5) is 0. The van der Waals surface area contributed by atoms with Gasteiger partial charge in [0, 0.05) is 16.9 Å². The van der Waals surface area contributed by atoms with Gasteiger partial charge in [-0.1, -0.05) is 37.9 Å². The van der Waals surface area contributed by atoms with Crippen molar-refractivity contribution in [3.63, 3.8) is 0 Å². The smallest absolute Gasteiger partial charge is 0.0991 e. The van der Waals surface area contributed by atoms with Crippen LogP contribution in [0.15, 0.2) is 41.7 Å². The standard InChI is InChI=1S/C18H28N2Si/c1-8-9-18-11-14(13(2)3)10-15-12-20(17(15,18)4)19-16(18)21(5,6)7/h8,12,14H,1-2,9-11H2,3-7H3/t14-,17-,18-/m0/s1. The quantitative estimate of drug-likeness (QED) is 0.541. The van der Waals surface area contributed by atoms with Crippen molar-refractivity contribution in [2.24, 2.45) is 16.4 Å². The van der Waals surface area contributed by atoms with Gasteiger partial charge in [-0.2, -0.15) is 5.10 Å². The highest BCUT2D eigenvalue weighted by atomic mass is 28.3. The zero-order valence-corrected chi connectivity index (χ0v) is 15.2. The lowest BCUT2D eigenvalue weighted by molar-refractivity contribution is 0.0397. The summed E-state index contributed by atoms with van der Waals surface area (Å²) >= 11 is 0. The van der Waals surface area contributed by atoms with Crippen LogP contribution in [-0.2, 0) is 0 Å². The molecule has 0 spiro atoms. The van der Waals surface area contributed by atoms with E-state index in [1.807, 2.05) is 0 Å². The Bertz CT molecular complexity index is 581. The van der Waals surface area contributed by atoms with Gasteiger partial charge in [-0.15, -0.1) is 6.58 Å². The van der Waals surface area contributed by atoms with Gasteiger partial charge >= 0.3 is 0 Å². The summed E-state index contributed by atoms with van der Waals surface area (Å²) in [6.45, 7) is 20.2. The summed E-state index contributed by atoms with van der Waals surface area (Å²) in [5.41, 5.74) is 3.13. The summed E-state index contributed by atoms with van der Waals surface area (Å²) in [5, 5.41) is 8.82. The molecule has 1 fully saturated rings. The number of nitrogens with zero attached hydrogens (tertiary/aromatic N) is 2. The lowest BCUT2D eigenvalue weighted by Crippen LogP contribution is -2.64. The molecule has 0 aromatic rings. The minimum atomic E-state index is -1.47. The predicted molar refractivity (Wildman–Crippen MR) is 93.9 cm³/mol. The molecule has 21 heavy (non-hydrogen) atoms. The van der Waals surface area contributed by atoms with E-state index in [4.69, 9.17) is 5.10 Å². The first kappa shape index (κ1) is 14.8. The fourth-order valence-corrected chi connectivity index (χ4v) is 7.01. The Morgan fingerprint density at radius 2 is 2.19 bits per heavy atom. The first-order chi connectivity index (χ1) is 9.66. The largest absolute Gasteiger partial charge is 0.262 e. The Kier molecular flexibility index (Phi) is 2.98. The third-order valence-corrected chi connectivity index (χ3v) is 7.92. The molecule has 3 heteroatoms. The van der Waals surface area contributed by atoms with Crippen LogP contribution in [0.2, 0.25) is 19.6 Å². The molecule has 0 aromatic carbocycles. The van der Waals surface area contributed by atoms with Crippen LogP contribution in [0, 0.1) is 11.3 Å². The van der Waals surface area contributed by atoms with Crippen molar-refractivity contribution in [2.75, 3.05) is 0 Å². The van der Waals surface area contributed by atoms with Crippen LogP contribution in [0.4, 0.5) is 0 Å². The van der Waals surface area contributed by atoms with E-state index < -0.39 is 8.07 Å². The molecule has 3 rings (SSSR count). The molecule has 1 saturated carbocycles. The molecular formula is C18H28N2Si. The van der Waals surface area contributed by atoms with E-state index in [1.165, 1.54) is 17.3 Å². The van der Waals surface area contributed by atoms with Gasteiger partial charge in [0.25, 0.3) is 0 Å². The van der Waals surface area contributed by atoms with Crippen molar-refractivity contribution < 1.29 is 0 Å². The molecule has 0 bridgehead atoms. The van der Waals surface area contributed by atoms with Gasteiger partial charge in [0.05, 0.1) is 13.6 Å². The molecule has 0 radical (unpaired) electrons. The average Bonchev–Trinajstić information content (AvgIpc) is 2.60. The third kappa shape index (κ3) is 1.67. The maximum atomic E-state index is 5.08. The average molecular weight is 301 g/mol. The molecule has 0 amide bonds. The van der Waals surface area contributed by atoms with E-state index in [0.717, 1.165) is 12.8 Å². The van der Waals surface area contributed by atoms with Crippen molar-refractivity contribution in [1.82, 2.24) is 5.01 Å².